The lowest BCUT2D eigenvalue weighted by Gasteiger charge is -2.31. The highest BCUT2D eigenvalue weighted by Crippen LogP contribution is 2.25. The van der Waals surface area contributed by atoms with Gasteiger partial charge in [0.2, 0.25) is 0 Å². The standard InChI is InChI=1S/C16H22ClN5O/c1-12-19-20-16(21(12)2)10-22-7-4-13(5-8-22)11-23-15-3-6-18-9-14(15)17/h3,6,9,13H,4-5,7-8,10-11H2,1-2H3. The fourth-order valence-corrected chi connectivity index (χ4v) is 2.96. The molecule has 0 radical (unpaired) electrons. The summed E-state index contributed by atoms with van der Waals surface area (Å²) in [7, 11) is 2.02. The number of nitrogens with zero attached hydrogens (tertiary/aromatic N) is 5. The molecule has 1 fully saturated rings. The zero-order valence-corrected chi connectivity index (χ0v) is 14.3. The molecule has 0 atom stereocenters. The minimum Gasteiger partial charge on any atom is -0.492 e. The first kappa shape index (κ1) is 16.2. The van der Waals surface area contributed by atoms with E-state index in [4.69, 9.17) is 16.3 Å². The van der Waals surface area contributed by atoms with Crippen molar-refractivity contribution in [1.82, 2.24) is 24.6 Å². The van der Waals surface area contributed by atoms with Crippen molar-refractivity contribution >= 4 is 11.6 Å². The van der Waals surface area contributed by atoms with E-state index in [-0.39, 0.29) is 0 Å². The molecule has 6 nitrogen and oxygen atoms in total. The highest BCUT2D eigenvalue weighted by Gasteiger charge is 2.21. The second kappa shape index (κ2) is 7.27. The second-order valence-electron chi connectivity index (χ2n) is 6.06. The lowest BCUT2D eigenvalue weighted by molar-refractivity contribution is 0.134. The Labute approximate surface area is 141 Å². The minimum atomic E-state index is 0.566. The monoisotopic (exact) mass is 335 g/mol. The van der Waals surface area contributed by atoms with Crippen molar-refractivity contribution in [3.63, 3.8) is 0 Å². The molecular formula is C16H22ClN5O. The van der Waals surface area contributed by atoms with Gasteiger partial charge in [-0.25, -0.2) is 0 Å². The maximum absolute atomic E-state index is 6.06. The Hall–Kier alpha value is -1.66. The highest BCUT2D eigenvalue weighted by molar-refractivity contribution is 6.31. The van der Waals surface area contributed by atoms with Crippen molar-refractivity contribution in [2.45, 2.75) is 26.3 Å². The molecule has 0 aliphatic carbocycles. The van der Waals surface area contributed by atoms with Gasteiger partial charge in [0.1, 0.15) is 22.4 Å². The first-order chi connectivity index (χ1) is 11.1. The molecule has 23 heavy (non-hydrogen) atoms. The maximum Gasteiger partial charge on any atom is 0.146 e. The van der Waals surface area contributed by atoms with Crippen LogP contribution in [0.2, 0.25) is 5.02 Å². The van der Waals surface area contributed by atoms with Gasteiger partial charge in [-0.15, -0.1) is 10.2 Å². The number of aromatic nitrogens is 4. The molecule has 1 aliphatic heterocycles. The summed E-state index contributed by atoms with van der Waals surface area (Å²) in [6, 6.07) is 1.81. The Balaban J connectivity index is 1.45. The van der Waals surface area contributed by atoms with Gasteiger partial charge in [-0.3, -0.25) is 9.88 Å². The van der Waals surface area contributed by atoms with Gasteiger partial charge < -0.3 is 9.30 Å². The highest BCUT2D eigenvalue weighted by atomic mass is 35.5. The molecule has 0 bridgehead atoms. The summed E-state index contributed by atoms with van der Waals surface area (Å²) in [6.07, 6.45) is 5.56. The number of pyridine rings is 1. The molecule has 0 aromatic carbocycles. The maximum atomic E-state index is 6.06. The summed E-state index contributed by atoms with van der Waals surface area (Å²) < 4.78 is 7.89. The van der Waals surface area contributed by atoms with Gasteiger partial charge >= 0.3 is 0 Å². The van der Waals surface area contributed by atoms with E-state index in [0.717, 1.165) is 49.9 Å². The summed E-state index contributed by atoms with van der Waals surface area (Å²) in [5, 5.41) is 8.93. The van der Waals surface area contributed by atoms with Gasteiger partial charge in [-0.2, -0.15) is 0 Å². The average molecular weight is 336 g/mol. The summed E-state index contributed by atoms with van der Waals surface area (Å²) in [4.78, 5) is 6.40. The molecule has 2 aromatic rings. The van der Waals surface area contributed by atoms with E-state index >= 15 is 0 Å². The third-order valence-corrected chi connectivity index (χ3v) is 4.75. The van der Waals surface area contributed by atoms with Gasteiger partial charge in [-0.1, -0.05) is 11.6 Å². The molecule has 2 aromatic heterocycles. The van der Waals surface area contributed by atoms with Crippen LogP contribution in [0.4, 0.5) is 0 Å². The van der Waals surface area contributed by atoms with E-state index < -0.39 is 0 Å². The van der Waals surface area contributed by atoms with E-state index in [1.807, 2.05) is 20.0 Å². The summed E-state index contributed by atoms with van der Waals surface area (Å²) in [5.41, 5.74) is 0. The van der Waals surface area contributed by atoms with Crippen LogP contribution in [0.15, 0.2) is 18.5 Å². The number of ether oxygens (including phenoxy) is 1. The third kappa shape index (κ3) is 4.00. The fourth-order valence-electron chi connectivity index (χ4n) is 2.79. The van der Waals surface area contributed by atoms with Crippen LogP contribution < -0.4 is 4.74 Å². The van der Waals surface area contributed by atoms with Crippen molar-refractivity contribution < 1.29 is 4.74 Å². The third-order valence-electron chi connectivity index (χ3n) is 4.46. The molecule has 0 amide bonds. The van der Waals surface area contributed by atoms with E-state index in [9.17, 15) is 0 Å². The molecule has 3 heterocycles. The molecule has 124 valence electrons. The first-order valence-corrected chi connectivity index (χ1v) is 8.31. The Morgan fingerprint density at radius 1 is 1.30 bits per heavy atom. The molecule has 3 rings (SSSR count). The first-order valence-electron chi connectivity index (χ1n) is 7.93. The molecular weight excluding hydrogens is 314 g/mol. The lowest BCUT2D eigenvalue weighted by atomic mass is 9.98. The summed E-state index contributed by atoms with van der Waals surface area (Å²) >= 11 is 6.06. The van der Waals surface area contributed by atoms with E-state index in [0.29, 0.717) is 17.5 Å². The molecule has 0 N–H and O–H groups in total. The lowest BCUT2D eigenvalue weighted by Crippen LogP contribution is -2.35. The van der Waals surface area contributed by atoms with Gasteiger partial charge in [0.25, 0.3) is 0 Å². The van der Waals surface area contributed by atoms with Crippen LogP contribution in [0.1, 0.15) is 24.5 Å². The summed E-state index contributed by atoms with van der Waals surface area (Å²) in [5.74, 6) is 3.27. The van der Waals surface area contributed by atoms with Crippen LogP contribution >= 0.6 is 11.6 Å². The van der Waals surface area contributed by atoms with Gasteiger partial charge in [0.15, 0.2) is 0 Å². The predicted octanol–water partition coefficient (Wildman–Crippen LogP) is 2.46. The Bertz CT molecular complexity index is 652. The zero-order chi connectivity index (χ0) is 16.2. The van der Waals surface area contributed by atoms with Crippen LogP contribution in [0.3, 0.4) is 0 Å². The number of piperidine rings is 1. The number of aryl methyl sites for hydroxylation is 1. The minimum absolute atomic E-state index is 0.566. The Morgan fingerprint density at radius 3 is 2.74 bits per heavy atom. The average Bonchev–Trinajstić information content (AvgIpc) is 2.87. The number of likely N-dealkylation sites (tertiary alicyclic amines) is 1. The zero-order valence-electron chi connectivity index (χ0n) is 13.6. The van der Waals surface area contributed by atoms with E-state index in [2.05, 4.69) is 24.6 Å². The van der Waals surface area contributed by atoms with Gasteiger partial charge in [-0.05, 0) is 38.8 Å². The van der Waals surface area contributed by atoms with E-state index in [1.165, 1.54) is 0 Å². The number of hydrogen-bond donors (Lipinski definition) is 0. The summed E-state index contributed by atoms with van der Waals surface area (Å²) in [6.45, 7) is 5.67. The van der Waals surface area contributed by atoms with Crippen LogP contribution in [0.25, 0.3) is 0 Å². The van der Waals surface area contributed by atoms with Crippen LogP contribution in [-0.2, 0) is 13.6 Å². The predicted molar refractivity (Wildman–Crippen MR) is 88.5 cm³/mol. The van der Waals surface area contributed by atoms with Crippen molar-refractivity contribution in [3.05, 3.63) is 35.1 Å². The molecule has 0 unspecified atom stereocenters. The van der Waals surface area contributed by atoms with Crippen molar-refractivity contribution in [2.75, 3.05) is 19.7 Å². The van der Waals surface area contributed by atoms with Crippen LogP contribution in [0.5, 0.6) is 5.75 Å². The van der Waals surface area contributed by atoms with Crippen molar-refractivity contribution in [1.29, 1.82) is 0 Å². The van der Waals surface area contributed by atoms with Crippen molar-refractivity contribution in [3.8, 4) is 5.75 Å². The molecule has 0 spiro atoms. The molecule has 7 heteroatoms. The Kier molecular flexibility index (Phi) is 5.13. The second-order valence-corrected chi connectivity index (χ2v) is 6.47. The SMILES string of the molecule is Cc1nnc(CN2CCC(COc3ccncc3Cl)CC2)n1C. The smallest absolute Gasteiger partial charge is 0.146 e. The molecule has 1 aliphatic rings. The topological polar surface area (TPSA) is 56.1 Å². The van der Waals surface area contributed by atoms with E-state index in [1.54, 1.807) is 12.4 Å². The largest absolute Gasteiger partial charge is 0.492 e. The van der Waals surface area contributed by atoms with Gasteiger partial charge in [0, 0.05) is 25.5 Å². The fraction of sp³-hybridized carbons (Fsp3) is 0.562. The van der Waals surface area contributed by atoms with Gasteiger partial charge in [0.05, 0.1) is 13.2 Å². The number of rotatable bonds is 5. The quantitative estimate of drug-likeness (QED) is 0.840. The Morgan fingerprint density at radius 2 is 2.09 bits per heavy atom. The molecule has 1 saturated heterocycles. The van der Waals surface area contributed by atoms with Crippen LogP contribution in [-0.4, -0.2) is 44.3 Å². The number of hydrogen-bond acceptors (Lipinski definition) is 5. The number of halogens is 1. The molecule has 0 saturated carbocycles. The van der Waals surface area contributed by atoms with Crippen LogP contribution in [0, 0.1) is 12.8 Å². The normalized spacial score (nSPS) is 16.7. The van der Waals surface area contributed by atoms with Crippen molar-refractivity contribution in [2.24, 2.45) is 13.0 Å².